The van der Waals surface area contributed by atoms with Gasteiger partial charge >= 0.3 is 11.9 Å². The van der Waals surface area contributed by atoms with Crippen molar-refractivity contribution in [2.45, 2.75) is 51.7 Å². The van der Waals surface area contributed by atoms with Gasteiger partial charge in [-0.05, 0) is 6.92 Å². The molecule has 0 aromatic carbocycles. The van der Waals surface area contributed by atoms with Gasteiger partial charge in [-0.3, -0.25) is 9.59 Å². The Bertz CT molecular complexity index is 421. The highest BCUT2D eigenvalue weighted by Gasteiger charge is 2.45. The molecule has 0 N–H and O–H groups in total. The predicted molar refractivity (Wildman–Crippen MR) is 90.8 cm³/mol. The van der Waals surface area contributed by atoms with Crippen LogP contribution in [0.1, 0.15) is 20.8 Å². The van der Waals surface area contributed by atoms with Gasteiger partial charge in [0.05, 0.1) is 25.9 Å². The quantitative estimate of drug-likeness (QED) is 0.245. The monoisotopic (exact) mass is 394 g/mol. The summed E-state index contributed by atoms with van der Waals surface area (Å²) in [4.78, 5) is 21.7. The van der Waals surface area contributed by atoms with E-state index in [4.69, 9.17) is 37.9 Å². The van der Waals surface area contributed by atoms with Gasteiger partial charge in [-0.25, -0.2) is 0 Å². The van der Waals surface area contributed by atoms with Crippen LogP contribution in [0.2, 0.25) is 0 Å². The predicted octanol–water partition coefficient (Wildman–Crippen LogP) is 0.263. The number of esters is 2. The first-order valence-electron chi connectivity index (χ1n) is 8.71. The summed E-state index contributed by atoms with van der Waals surface area (Å²) in [7, 11) is 3.14. The highest BCUT2D eigenvalue weighted by molar-refractivity contribution is 5.66. The molecule has 1 saturated heterocycles. The van der Waals surface area contributed by atoms with E-state index in [0.29, 0.717) is 6.61 Å². The molecule has 1 rings (SSSR count). The van der Waals surface area contributed by atoms with E-state index in [2.05, 4.69) is 0 Å². The summed E-state index contributed by atoms with van der Waals surface area (Å²) in [5.41, 5.74) is 0. The van der Waals surface area contributed by atoms with Crippen molar-refractivity contribution in [3.63, 3.8) is 0 Å². The molecule has 0 aromatic heterocycles. The van der Waals surface area contributed by atoms with Crippen molar-refractivity contribution in [1.29, 1.82) is 0 Å². The summed E-state index contributed by atoms with van der Waals surface area (Å²) >= 11 is 0. The van der Waals surface area contributed by atoms with E-state index in [1.807, 2.05) is 6.92 Å². The highest BCUT2D eigenvalue weighted by Crippen LogP contribution is 2.27. The van der Waals surface area contributed by atoms with Crippen molar-refractivity contribution in [3.05, 3.63) is 0 Å². The van der Waals surface area contributed by atoms with Crippen molar-refractivity contribution in [3.8, 4) is 0 Å². The summed E-state index contributed by atoms with van der Waals surface area (Å²) in [6.45, 7) is 3.98. The molecule has 0 saturated carbocycles. The lowest BCUT2D eigenvalue weighted by Gasteiger charge is -2.27. The molecule has 158 valence electrons. The van der Waals surface area contributed by atoms with Gasteiger partial charge in [0.1, 0.15) is 31.5 Å². The largest absolute Gasteiger partial charge is 0.463 e. The summed E-state index contributed by atoms with van der Waals surface area (Å²) in [6.07, 6.45) is -1.42. The normalized spacial score (nSPS) is 25.0. The van der Waals surface area contributed by atoms with E-state index in [1.54, 1.807) is 14.2 Å². The standard InChI is InChI=1S/C17H30O10/c1-11-15(16(21-5)14(26-11)10-20-4)27-17(24-8-6-22-12(2)18)25-9-7-23-13(3)19/h11,14-17H,6-10H2,1-5H3/t11-,14+,15?,16?/m0/s1. The minimum absolute atomic E-state index is 0.0548. The fraction of sp³-hybridized carbons (Fsp3) is 0.882. The Kier molecular flexibility index (Phi) is 11.4. The minimum Gasteiger partial charge on any atom is -0.463 e. The van der Waals surface area contributed by atoms with E-state index < -0.39 is 24.5 Å². The zero-order valence-corrected chi connectivity index (χ0v) is 16.5. The van der Waals surface area contributed by atoms with Gasteiger partial charge in [0, 0.05) is 28.1 Å². The average Bonchev–Trinajstić information content (AvgIpc) is 2.89. The molecule has 2 unspecified atom stereocenters. The first kappa shape index (κ1) is 23.7. The van der Waals surface area contributed by atoms with E-state index >= 15 is 0 Å². The number of methoxy groups -OCH3 is 2. The summed E-state index contributed by atoms with van der Waals surface area (Å²) in [5, 5.41) is 0. The zero-order chi connectivity index (χ0) is 20.2. The molecule has 0 aromatic rings. The smallest absolute Gasteiger partial charge is 0.302 e. The molecule has 1 fully saturated rings. The number of ether oxygens (including phenoxy) is 8. The Labute approximate surface area is 159 Å². The van der Waals surface area contributed by atoms with Crippen LogP contribution >= 0.6 is 0 Å². The van der Waals surface area contributed by atoms with Gasteiger partial charge in [-0.2, -0.15) is 0 Å². The molecule has 1 heterocycles. The van der Waals surface area contributed by atoms with Crippen LogP contribution < -0.4 is 0 Å². The Hall–Kier alpha value is -1.30. The Morgan fingerprint density at radius 1 is 0.926 bits per heavy atom. The lowest BCUT2D eigenvalue weighted by atomic mass is 10.1. The van der Waals surface area contributed by atoms with Crippen LogP contribution in [0.15, 0.2) is 0 Å². The third-order valence-electron chi connectivity index (χ3n) is 3.70. The van der Waals surface area contributed by atoms with Gasteiger partial charge in [-0.15, -0.1) is 0 Å². The second-order valence-corrected chi connectivity index (χ2v) is 5.85. The van der Waals surface area contributed by atoms with E-state index in [0.717, 1.165) is 0 Å². The van der Waals surface area contributed by atoms with E-state index in [9.17, 15) is 9.59 Å². The van der Waals surface area contributed by atoms with Gasteiger partial charge in [0.25, 0.3) is 6.48 Å². The summed E-state index contributed by atoms with van der Waals surface area (Å²) < 4.78 is 43.0. The van der Waals surface area contributed by atoms with E-state index in [-0.39, 0.29) is 44.7 Å². The highest BCUT2D eigenvalue weighted by atomic mass is 16.9. The third kappa shape index (κ3) is 8.96. The molecule has 0 radical (unpaired) electrons. The third-order valence-corrected chi connectivity index (χ3v) is 3.70. The van der Waals surface area contributed by atoms with Crippen LogP contribution in [0.25, 0.3) is 0 Å². The molecular formula is C17H30O10. The SMILES string of the molecule is COC[C@H]1O[C@@H](C)C(OC(OCCOC(C)=O)OCCOC(C)=O)C1OC. The molecule has 0 bridgehead atoms. The first-order valence-corrected chi connectivity index (χ1v) is 8.71. The zero-order valence-electron chi connectivity index (χ0n) is 16.5. The van der Waals surface area contributed by atoms with Crippen LogP contribution in [0.3, 0.4) is 0 Å². The topological polar surface area (TPSA) is 108 Å². The Morgan fingerprint density at radius 2 is 1.48 bits per heavy atom. The number of carbonyl (C=O) groups is 2. The molecule has 0 aliphatic carbocycles. The molecule has 4 atom stereocenters. The molecule has 27 heavy (non-hydrogen) atoms. The number of hydrogen-bond acceptors (Lipinski definition) is 10. The molecular weight excluding hydrogens is 364 g/mol. The molecule has 1 aliphatic rings. The van der Waals surface area contributed by atoms with Gasteiger partial charge in [0.15, 0.2) is 0 Å². The number of carbonyl (C=O) groups excluding carboxylic acids is 2. The lowest BCUT2D eigenvalue weighted by Crippen LogP contribution is -2.41. The lowest BCUT2D eigenvalue weighted by molar-refractivity contribution is -0.317. The molecule has 0 spiro atoms. The second kappa shape index (κ2) is 13.0. The van der Waals surface area contributed by atoms with E-state index in [1.165, 1.54) is 13.8 Å². The van der Waals surface area contributed by atoms with Gasteiger partial charge in [-0.1, -0.05) is 0 Å². The average molecular weight is 394 g/mol. The number of rotatable bonds is 13. The second-order valence-electron chi connectivity index (χ2n) is 5.85. The number of hydrogen-bond donors (Lipinski definition) is 0. The van der Waals surface area contributed by atoms with Gasteiger partial charge in [0.2, 0.25) is 0 Å². The van der Waals surface area contributed by atoms with Crippen molar-refractivity contribution < 1.29 is 47.5 Å². The van der Waals surface area contributed by atoms with Crippen LogP contribution in [-0.2, 0) is 47.5 Å². The van der Waals surface area contributed by atoms with Crippen molar-refractivity contribution in [2.24, 2.45) is 0 Å². The van der Waals surface area contributed by atoms with Crippen LogP contribution in [-0.4, -0.2) is 90.1 Å². The van der Waals surface area contributed by atoms with Crippen molar-refractivity contribution >= 4 is 11.9 Å². The maximum atomic E-state index is 10.8. The fourth-order valence-corrected chi connectivity index (χ4v) is 2.60. The molecule has 10 nitrogen and oxygen atoms in total. The Morgan fingerprint density at radius 3 is 1.93 bits per heavy atom. The summed E-state index contributed by atoms with van der Waals surface area (Å²) in [5.74, 6) is -0.821. The maximum absolute atomic E-state index is 10.8. The van der Waals surface area contributed by atoms with Crippen LogP contribution in [0.5, 0.6) is 0 Å². The molecule has 10 heteroatoms. The first-order chi connectivity index (χ1) is 12.9. The molecule has 0 amide bonds. The van der Waals surface area contributed by atoms with Crippen molar-refractivity contribution in [2.75, 3.05) is 47.3 Å². The van der Waals surface area contributed by atoms with Crippen molar-refractivity contribution in [1.82, 2.24) is 0 Å². The molecule has 1 aliphatic heterocycles. The van der Waals surface area contributed by atoms with Crippen LogP contribution in [0.4, 0.5) is 0 Å². The summed E-state index contributed by atoms with van der Waals surface area (Å²) in [6, 6.07) is 0. The Balaban J connectivity index is 2.60. The van der Waals surface area contributed by atoms with Crippen LogP contribution in [0, 0.1) is 0 Å². The maximum Gasteiger partial charge on any atom is 0.302 e. The minimum atomic E-state index is -1.08. The van der Waals surface area contributed by atoms with Gasteiger partial charge < -0.3 is 37.9 Å². The fourth-order valence-electron chi connectivity index (χ4n) is 2.60.